The summed E-state index contributed by atoms with van der Waals surface area (Å²) in [6, 6.07) is 1.98. The van der Waals surface area contributed by atoms with Crippen molar-refractivity contribution in [3.63, 3.8) is 0 Å². The standard InChI is InChI=1S/C10H18N2O2/c1-4-12(6-5-11)10(13)7-9(2)8-14-3/h9H,4,6-8H2,1-3H3. The number of ether oxygens (including phenoxy) is 1. The molecular weight excluding hydrogens is 180 g/mol. The Morgan fingerprint density at radius 1 is 1.64 bits per heavy atom. The zero-order chi connectivity index (χ0) is 11.0. The molecule has 0 aliphatic rings. The Morgan fingerprint density at radius 2 is 2.29 bits per heavy atom. The summed E-state index contributed by atoms with van der Waals surface area (Å²) in [5, 5.41) is 8.49. The van der Waals surface area contributed by atoms with E-state index in [-0.39, 0.29) is 18.4 Å². The van der Waals surface area contributed by atoms with Gasteiger partial charge < -0.3 is 9.64 Å². The molecule has 0 aromatic carbocycles. The molecule has 1 unspecified atom stereocenters. The van der Waals surface area contributed by atoms with Crippen molar-refractivity contribution in [1.82, 2.24) is 4.90 Å². The maximum atomic E-state index is 11.6. The van der Waals surface area contributed by atoms with Crippen LogP contribution in [0.4, 0.5) is 0 Å². The molecule has 14 heavy (non-hydrogen) atoms. The fraction of sp³-hybridized carbons (Fsp3) is 0.800. The van der Waals surface area contributed by atoms with Gasteiger partial charge in [0.2, 0.25) is 5.91 Å². The SMILES string of the molecule is CCN(CC#N)C(=O)CC(C)COC. The topological polar surface area (TPSA) is 53.3 Å². The van der Waals surface area contributed by atoms with E-state index in [0.717, 1.165) is 0 Å². The molecule has 0 N–H and O–H groups in total. The normalized spacial score (nSPS) is 11.9. The summed E-state index contributed by atoms with van der Waals surface area (Å²) in [5.74, 6) is 0.235. The minimum atomic E-state index is 0.0265. The van der Waals surface area contributed by atoms with Crippen LogP contribution in [0.1, 0.15) is 20.3 Å². The van der Waals surface area contributed by atoms with Crippen LogP contribution >= 0.6 is 0 Å². The highest BCUT2D eigenvalue weighted by Gasteiger charge is 2.14. The molecule has 1 atom stereocenters. The van der Waals surface area contributed by atoms with Gasteiger partial charge in [-0.1, -0.05) is 6.92 Å². The fourth-order valence-corrected chi connectivity index (χ4v) is 1.23. The predicted molar refractivity (Wildman–Crippen MR) is 53.5 cm³/mol. The van der Waals surface area contributed by atoms with Crippen molar-refractivity contribution in [1.29, 1.82) is 5.26 Å². The molecule has 80 valence electrons. The zero-order valence-electron chi connectivity index (χ0n) is 9.12. The van der Waals surface area contributed by atoms with Gasteiger partial charge in [0.25, 0.3) is 0 Å². The molecule has 0 spiro atoms. The molecule has 4 heteroatoms. The van der Waals surface area contributed by atoms with E-state index in [1.807, 2.05) is 19.9 Å². The van der Waals surface area contributed by atoms with Crippen molar-refractivity contribution in [2.45, 2.75) is 20.3 Å². The number of hydrogen-bond acceptors (Lipinski definition) is 3. The molecule has 0 saturated carbocycles. The third kappa shape index (κ3) is 4.83. The molecule has 0 heterocycles. The van der Waals surface area contributed by atoms with Crippen molar-refractivity contribution >= 4 is 5.91 Å². The first-order valence-electron chi connectivity index (χ1n) is 4.79. The van der Waals surface area contributed by atoms with Crippen molar-refractivity contribution < 1.29 is 9.53 Å². The van der Waals surface area contributed by atoms with Crippen LogP contribution < -0.4 is 0 Å². The van der Waals surface area contributed by atoms with Crippen LogP contribution in [-0.2, 0) is 9.53 Å². The van der Waals surface area contributed by atoms with E-state index in [0.29, 0.717) is 19.6 Å². The summed E-state index contributed by atoms with van der Waals surface area (Å²) in [4.78, 5) is 13.1. The van der Waals surface area contributed by atoms with E-state index in [1.54, 1.807) is 12.0 Å². The molecule has 0 radical (unpaired) electrons. The number of carbonyl (C=O) groups excluding carboxylic acids is 1. The molecule has 1 amide bonds. The number of carbonyl (C=O) groups is 1. The maximum Gasteiger partial charge on any atom is 0.223 e. The highest BCUT2D eigenvalue weighted by molar-refractivity contribution is 5.76. The first kappa shape index (κ1) is 12.9. The second-order valence-corrected chi connectivity index (χ2v) is 3.33. The lowest BCUT2D eigenvalue weighted by atomic mass is 10.1. The minimum absolute atomic E-state index is 0.0265. The largest absolute Gasteiger partial charge is 0.384 e. The van der Waals surface area contributed by atoms with Gasteiger partial charge in [-0.05, 0) is 12.8 Å². The van der Waals surface area contributed by atoms with Gasteiger partial charge in [0.05, 0.1) is 6.07 Å². The Balaban J connectivity index is 3.98. The Morgan fingerprint density at radius 3 is 2.71 bits per heavy atom. The zero-order valence-corrected chi connectivity index (χ0v) is 9.12. The lowest BCUT2D eigenvalue weighted by Crippen LogP contribution is -2.32. The number of nitriles is 1. The van der Waals surface area contributed by atoms with E-state index in [1.165, 1.54) is 0 Å². The van der Waals surface area contributed by atoms with Crippen LogP contribution in [0.25, 0.3) is 0 Å². The van der Waals surface area contributed by atoms with Crippen LogP contribution in [0.5, 0.6) is 0 Å². The van der Waals surface area contributed by atoms with Crippen LogP contribution in [-0.4, -0.2) is 37.6 Å². The van der Waals surface area contributed by atoms with Crippen LogP contribution in [0.15, 0.2) is 0 Å². The third-order valence-electron chi connectivity index (χ3n) is 1.97. The second-order valence-electron chi connectivity index (χ2n) is 3.33. The first-order valence-corrected chi connectivity index (χ1v) is 4.79. The molecule has 0 aromatic rings. The van der Waals surface area contributed by atoms with Crippen molar-refractivity contribution in [3.8, 4) is 6.07 Å². The maximum absolute atomic E-state index is 11.6. The highest BCUT2D eigenvalue weighted by Crippen LogP contribution is 2.05. The number of rotatable bonds is 6. The minimum Gasteiger partial charge on any atom is -0.384 e. The monoisotopic (exact) mass is 198 g/mol. The van der Waals surface area contributed by atoms with Gasteiger partial charge in [-0.2, -0.15) is 5.26 Å². The van der Waals surface area contributed by atoms with Crippen LogP contribution in [0, 0.1) is 17.2 Å². The van der Waals surface area contributed by atoms with Gasteiger partial charge in [-0.15, -0.1) is 0 Å². The number of methoxy groups -OCH3 is 1. The lowest BCUT2D eigenvalue weighted by molar-refractivity contribution is -0.131. The summed E-state index contributed by atoms with van der Waals surface area (Å²) in [7, 11) is 1.62. The van der Waals surface area contributed by atoms with Gasteiger partial charge in [-0.25, -0.2) is 0 Å². The van der Waals surface area contributed by atoms with Gasteiger partial charge in [0.1, 0.15) is 6.54 Å². The van der Waals surface area contributed by atoms with Crippen molar-refractivity contribution in [2.75, 3.05) is 26.8 Å². The van der Waals surface area contributed by atoms with Crippen LogP contribution in [0.2, 0.25) is 0 Å². The van der Waals surface area contributed by atoms with E-state index in [9.17, 15) is 4.79 Å². The Bertz CT molecular complexity index is 211. The summed E-state index contributed by atoms with van der Waals surface area (Å²) in [6.07, 6.45) is 0.448. The second kappa shape index (κ2) is 7.34. The van der Waals surface area contributed by atoms with E-state index in [4.69, 9.17) is 10.00 Å². The van der Waals surface area contributed by atoms with Gasteiger partial charge in [0, 0.05) is 26.7 Å². The van der Waals surface area contributed by atoms with Crippen LogP contribution in [0.3, 0.4) is 0 Å². The van der Waals surface area contributed by atoms with Crippen molar-refractivity contribution in [3.05, 3.63) is 0 Å². The summed E-state index contributed by atoms with van der Waals surface area (Å²) in [5.41, 5.74) is 0. The van der Waals surface area contributed by atoms with Gasteiger partial charge in [-0.3, -0.25) is 4.79 Å². The average Bonchev–Trinajstić information content (AvgIpc) is 2.14. The molecule has 0 fully saturated rings. The van der Waals surface area contributed by atoms with E-state index < -0.39 is 0 Å². The molecule has 4 nitrogen and oxygen atoms in total. The average molecular weight is 198 g/mol. The molecule has 0 aliphatic heterocycles. The van der Waals surface area contributed by atoms with Gasteiger partial charge >= 0.3 is 0 Å². The molecule has 0 rings (SSSR count). The molecular formula is C10H18N2O2. The first-order chi connectivity index (χ1) is 6.65. The Labute approximate surface area is 85.5 Å². The fourth-order valence-electron chi connectivity index (χ4n) is 1.23. The van der Waals surface area contributed by atoms with E-state index >= 15 is 0 Å². The number of nitrogens with zero attached hydrogens (tertiary/aromatic N) is 2. The predicted octanol–water partition coefficient (Wildman–Crippen LogP) is 1.03. The van der Waals surface area contributed by atoms with Gasteiger partial charge in [0.15, 0.2) is 0 Å². The number of hydrogen-bond donors (Lipinski definition) is 0. The highest BCUT2D eigenvalue weighted by atomic mass is 16.5. The van der Waals surface area contributed by atoms with Crippen molar-refractivity contribution in [2.24, 2.45) is 5.92 Å². The quantitative estimate of drug-likeness (QED) is 0.599. The number of amides is 1. The smallest absolute Gasteiger partial charge is 0.223 e. The lowest BCUT2D eigenvalue weighted by Gasteiger charge is -2.19. The summed E-state index contributed by atoms with van der Waals surface area (Å²) in [6.45, 7) is 5.18. The summed E-state index contributed by atoms with van der Waals surface area (Å²) < 4.78 is 4.94. The molecule has 0 aromatic heterocycles. The molecule has 0 saturated heterocycles. The Hall–Kier alpha value is -1.08. The molecule has 0 bridgehead atoms. The third-order valence-corrected chi connectivity index (χ3v) is 1.97. The van der Waals surface area contributed by atoms with E-state index in [2.05, 4.69) is 0 Å². The molecule has 0 aliphatic carbocycles. The Kier molecular flexibility index (Phi) is 6.77. The summed E-state index contributed by atoms with van der Waals surface area (Å²) >= 11 is 0.